The molecule has 0 radical (unpaired) electrons. The van der Waals surface area contributed by atoms with Crippen molar-refractivity contribution in [2.45, 2.75) is 32.1 Å². The Morgan fingerprint density at radius 2 is 1.50 bits per heavy atom. The van der Waals surface area contributed by atoms with Crippen LogP contribution in [0.15, 0.2) is 12.7 Å². The highest BCUT2D eigenvalue weighted by Crippen LogP contribution is 2.10. The smallest absolute Gasteiger partial charge is 0.0528 e. The summed E-state index contributed by atoms with van der Waals surface area (Å²) in [6.07, 6.45) is 7.23. The summed E-state index contributed by atoms with van der Waals surface area (Å²) in [7, 11) is 0. The molecule has 18 heavy (non-hydrogen) atoms. The number of unbranched alkanes of at least 4 members (excludes halogenated alkanes) is 1. The van der Waals surface area contributed by atoms with Gasteiger partial charge in [0, 0.05) is 19.8 Å². The molecule has 0 fully saturated rings. The van der Waals surface area contributed by atoms with E-state index >= 15 is 0 Å². The van der Waals surface area contributed by atoms with Gasteiger partial charge in [-0.05, 0) is 44.7 Å². The molecule has 4 N–H and O–H groups in total. The molecule has 0 aliphatic carbocycles. The SMILES string of the molecule is C=CC(CCCCOCCCN)COCCCN. The Hall–Kier alpha value is -0.420. The zero-order valence-corrected chi connectivity index (χ0v) is 11.6. The molecule has 1 unspecified atom stereocenters. The zero-order chi connectivity index (χ0) is 13.5. The second-order valence-electron chi connectivity index (χ2n) is 4.46. The number of rotatable bonds is 14. The number of ether oxygens (including phenoxy) is 2. The van der Waals surface area contributed by atoms with Gasteiger partial charge in [-0.25, -0.2) is 0 Å². The van der Waals surface area contributed by atoms with Crippen molar-refractivity contribution in [3.63, 3.8) is 0 Å². The lowest BCUT2D eigenvalue weighted by Crippen LogP contribution is -2.11. The minimum atomic E-state index is 0.451. The monoisotopic (exact) mass is 258 g/mol. The number of nitrogens with two attached hydrogens (primary N) is 2. The Bertz CT molecular complexity index is 177. The molecule has 0 saturated heterocycles. The molecule has 0 aromatic carbocycles. The van der Waals surface area contributed by atoms with E-state index in [0.29, 0.717) is 19.0 Å². The average Bonchev–Trinajstić information content (AvgIpc) is 2.40. The Morgan fingerprint density at radius 3 is 2.11 bits per heavy atom. The van der Waals surface area contributed by atoms with Crippen LogP contribution in [0.3, 0.4) is 0 Å². The standard InChI is InChI=1S/C14H30N2O2/c1-2-14(13-18-12-6-9-16)7-3-4-10-17-11-5-8-15/h2,14H,1,3-13,15-16H2. The van der Waals surface area contributed by atoms with Crippen LogP contribution in [0.5, 0.6) is 0 Å². The molecule has 0 saturated carbocycles. The van der Waals surface area contributed by atoms with Crippen LogP contribution >= 0.6 is 0 Å². The molecule has 0 rings (SSSR count). The zero-order valence-electron chi connectivity index (χ0n) is 11.6. The lowest BCUT2D eigenvalue weighted by molar-refractivity contribution is 0.104. The predicted molar refractivity (Wildman–Crippen MR) is 76.5 cm³/mol. The molecule has 4 heteroatoms. The van der Waals surface area contributed by atoms with Gasteiger partial charge in [0.25, 0.3) is 0 Å². The second kappa shape index (κ2) is 14.6. The van der Waals surface area contributed by atoms with Gasteiger partial charge < -0.3 is 20.9 Å². The fourth-order valence-corrected chi connectivity index (χ4v) is 1.59. The van der Waals surface area contributed by atoms with Crippen LogP contribution in [-0.4, -0.2) is 39.5 Å². The summed E-state index contributed by atoms with van der Waals surface area (Å²) in [6.45, 7) is 8.38. The largest absolute Gasteiger partial charge is 0.381 e. The topological polar surface area (TPSA) is 70.5 Å². The molecule has 0 heterocycles. The Balaban J connectivity index is 3.30. The fraction of sp³-hybridized carbons (Fsp3) is 0.857. The van der Waals surface area contributed by atoms with Crippen LogP contribution in [-0.2, 0) is 9.47 Å². The van der Waals surface area contributed by atoms with Crippen LogP contribution < -0.4 is 11.5 Å². The summed E-state index contributed by atoms with van der Waals surface area (Å²) < 4.78 is 11.0. The van der Waals surface area contributed by atoms with Crippen molar-refractivity contribution in [2.24, 2.45) is 17.4 Å². The van der Waals surface area contributed by atoms with Crippen LogP contribution in [0.2, 0.25) is 0 Å². The summed E-state index contributed by atoms with van der Waals surface area (Å²) in [5.41, 5.74) is 10.8. The Morgan fingerprint density at radius 1 is 0.889 bits per heavy atom. The van der Waals surface area contributed by atoms with E-state index in [1.807, 2.05) is 6.08 Å². The van der Waals surface area contributed by atoms with Gasteiger partial charge in [-0.2, -0.15) is 0 Å². The van der Waals surface area contributed by atoms with Crippen LogP contribution in [0.25, 0.3) is 0 Å². The van der Waals surface area contributed by atoms with Crippen LogP contribution in [0.1, 0.15) is 32.1 Å². The molecule has 0 aliphatic heterocycles. The molecule has 108 valence electrons. The fourth-order valence-electron chi connectivity index (χ4n) is 1.59. The first-order valence-corrected chi connectivity index (χ1v) is 7.03. The van der Waals surface area contributed by atoms with E-state index in [9.17, 15) is 0 Å². The predicted octanol–water partition coefficient (Wildman–Crippen LogP) is 1.69. The van der Waals surface area contributed by atoms with E-state index in [-0.39, 0.29) is 0 Å². The Kier molecular flexibility index (Phi) is 14.3. The third-order valence-electron chi connectivity index (χ3n) is 2.76. The third kappa shape index (κ3) is 12.0. The van der Waals surface area contributed by atoms with Crippen molar-refractivity contribution in [1.29, 1.82) is 0 Å². The van der Waals surface area contributed by atoms with Gasteiger partial charge >= 0.3 is 0 Å². The second-order valence-corrected chi connectivity index (χ2v) is 4.46. The first kappa shape index (κ1) is 17.6. The van der Waals surface area contributed by atoms with E-state index in [1.54, 1.807) is 0 Å². The molecule has 4 nitrogen and oxygen atoms in total. The molecular weight excluding hydrogens is 228 g/mol. The van der Waals surface area contributed by atoms with Gasteiger partial charge in [0.1, 0.15) is 0 Å². The van der Waals surface area contributed by atoms with Gasteiger partial charge in [0.2, 0.25) is 0 Å². The van der Waals surface area contributed by atoms with E-state index in [2.05, 4.69) is 6.58 Å². The van der Waals surface area contributed by atoms with Crippen LogP contribution in [0.4, 0.5) is 0 Å². The molecule has 0 bridgehead atoms. The van der Waals surface area contributed by atoms with Crippen LogP contribution in [0, 0.1) is 5.92 Å². The first-order chi connectivity index (χ1) is 8.85. The summed E-state index contributed by atoms with van der Waals surface area (Å²) in [5, 5.41) is 0. The van der Waals surface area contributed by atoms with Crippen molar-refractivity contribution >= 4 is 0 Å². The number of hydrogen-bond donors (Lipinski definition) is 2. The molecule has 0 spiro atoms. The van der Waals surface area contributed by atoms with E-state index in [4.69, 9.17) is 20.9 Å². The maximum atomic E-state index is 5.54. The minimum absolute atomic E-state index is 0.451. The minimum Gasteiger partial charge on any atom is -0.381 e. The quantitative estimate of drug-likeness (QED) is 0.367. The lowest BCUT2D eigenvalue weighted by Gasteiger charge is -2.12. The molecular formula is C14H30N2O2. The van der Waals surface area contributed by atoms with E-state index < -0.39 is 0 Å². The molecule has 1 atom stereocenters. The highest BCUT2D eigenvalue weighted by Gasteiger charge is 2.04. The highest BCUT2D eigenvalue weighted by molar-refractivity contribution is 4.78. The van der Waals surface area contributed by atoms with Gasteiger partial charge in [0.05, 0.1) is 6.61 Å². The first-order valence-electron chi connectivity index (χ1n) is 7.03. The van der Waals surface area contributed by atoms with Gasteiger partial charge in [-0.3, -0.25) is 0 Å². The van der Waals surface area contributed by atoms with Crippen molar-refractivity contribution in [1.82, 2.24) is 0 Å². The third-order valence-corrected chi connectivity index (χ3v) is 2.76. The van der Waals surface area contributed by atoms with Crippen molar-refractivity contribution in [3.05, 3.63) is 12.7 Å². The maximum Gasteiger partial charge on any atom is 0.0528 e. The maximum absolute atomic E-state index is 5.54. The van der Waals surface area contributed by atoms with Crippen molar-refractivity contribution in [3.8, 4) is 0 Å². The summed E-state index contributed by atoms with van der Waals surface area (Å²) >= 11 is 0. The summed E-state index contributed by atoms with van der Waals surface area (Å²) in [4.78, 5) is 0. The normalized spacial score (nSPS) is 12.6. The molecule has 0 aliphatic rings. The molecule has 0 amide bonds. The molecule has 0 aromatic rings. The number of hydrogen-bond acceptors (Lipinski definition) is 4. The molecule has 0 aromatic heterocycles. The summed E-state index contributed by atoms with van der Waals surface area (Å²) in [5.74, 6) is 0.451. The van der Waals surface area contributed by atoms with Gasteiger partial charge in [0.15, 0.2) is 0 Å². The Labute approximate surface area is 112 Å². The van der Waals surface area contributed by atoms with Gasteiger partial charge in [-0.15, -0.1) is 6.58 Å². The lowest BCUT2D eigenvalue weighted by atomic mass is 10.0. The van der Waals surface area contributed by atoms with Crippen molar-refractivity contribution < 1.29 is 9.47 Å². The highest BCUT2D eigenvalue weighted by atomic mass is 16.5. The van der Waals surface area contributed by atoms with E-state index in [1.165, 1.54) is 0 Å². The average molecular weight is 258 g/mol. The summed E-state index contributed by atoms with van der Waals surface area (Å²) in [6, 6.07) is 0. The van der Waals surface area contributed by atoms with E-state index in [0.717, 1.165) is 58.5 Å². The van der Waals surface area contributed by atoms with Crippen molar-refractivity contribution in [2.75, 3.05) is 39.5 Å². The van der Waals surface area contributed by atoms with Gasteiger partial charge in [-0.1, -0.05) is 12.5 Å².